The van der Waals surface area contributed by atoms with E-state index in [4.69, 9.17) is 10.5 Å². The van der Waals surface area contributed by atoms with Crippen molar-refractivity contribution in [3.8, 4) is 0 Å². The minimum absolute atomic E-state index is 0.0317. The first-order chi connectivity index (χ1) is 8.91. The van der Waals surface area contributed by atoms with E-state index in [1.807, 2.05) is 6.92 Å². The van der Waals surface area contributed by atoms with E-state index >= 15 is 0 Å². The van der Waals surface area contributed by atoms with Crippen LogP contribution in [0.1, 0.15) is 18.2 Å². The molecule has 0 aromatic carbocycles. The summed E-state index contributed by atoms with van der Waals surface area (Å²) in [5.41, 5.74) is 5.30. The second kappa shape index (κ2) is 5.34. The molecule has 1 aromatic rings. The Labute approximate surface area is 109 Å². The molecule has 2 rings (SSSR count). The maximum absolute atomic E-state index is 12.7. The zero-order chi connectivity index (χ0) is 14.0. The lowest BCUT2D eigenvalue weighted by Crippen LogP contribution is -2.42. The molecule has 0 radical (unpaired) electrons. The van der Waals surface area contributed by atoms with Crippen LogP contribution < -0.4 is 10.6 Å². The van der Waals surface area contributed by atoms with E-state index in [1.54, 1.807) is 4.90 Å². The molecule has 0 aliphatic carbocycles. The SMILES string of the molecule is CC1CN(c2nc(C(F)(F)F)ccc2CN)CCO1. The smallest absolute Gasteiger partial charge is 0.375 e. The summed E-state index contributed by atoms with van der Waals surface area (Å²) < 4.78 is 43.5. The molecule has 7 heteroatoms. The Bertz CT molecular complexity index is 450. The highest BCUT2D eigenvalue weighted by atomic mass is 19.4. The molecule has 1 aromatic heterocycles. The normalized spacial score (nSPS) is 20.7. The standard InChI is InChI=1S/C12H16F3N3O/c1-8-7-18(4-5-19-8)11-9(6-16)2-3-10(17-11)12(13,14)15/h2-3,8H,4-7,16H2,1H3. The van der Waals surface area contributed by atoms with Crippen molar-refractivity contribution in [3.63, 3.8) is 0 Å². The topological polar surface area (TPSA) is 51.4 Å². The van der Waals surface area contributed by atoms with Gasteiger partial charge in [0.05, 0.1) is 12.7 Å². The van der Waals surface area contributed by atoms with Crippen LogP contribution in [0.4, 0.5) is 19.0 Å². The Morgan fingerprint density at radius 1 is 1.47 bits per heavy atom. The molecule has 106 valence electrons. The predicted octanol–water partition coefficient (Wildman–Crippen LogP) is 1.78. The second-order valence-electron chi connectivity index (χ2n) is 4.51. The van der Waals surface area contributed by atoms with Gasteiger partial charge in [-0.05, 0) is 13.0 Å². The van der Waals surface area contributed by atoms with Crippen molar-refractivity contribution < 1.29 is 17.9 Å². The monoisotopic (exact) mass is 275 g/mol. The number of halogens is 3. The van der Waals surface area contributed by atoms with E-state index < -0.39 is 11.9 Å². The molecule has 0 amide bonds. The number of morpholine rings is 1. The Morgan fingerprint density at radius 2 is 2.21 bits per heavy atom. The third kappa shape index (κ3) is 3.16. The molecular weight excluding hydrogens is 259 g/mol. The highest BCUT2D eigenvalue weighted by Crippen LogP contribution is 2.31. The maximum atomic E-state index is 12.7. The summed E-state index contributed by atoms with van der Waals surface area (Å²) in [5, 5.41) is 0. The van der Waals surface area contributed by atoms with Crippen LogP contribution in [0, 0.1) is 0 Å². The molecule has 2 N–H and O–H groups in total. The minimum atomic E-state index is -4.44. The first-order valence-corrected chi connectivity index (χ1v) is 6.05. The highest BCUT2D eigenvalue weighted by molar-refractivity contribution is 5.48. The molecule has 0 saturated carbocycles. The summed E-state index contributed by atoms with van der Waals surface area (Å²) in [6.45, 7) is 3.55. The van der Waals surface area contributed by atoms with Crippen LogP contribution in [0.3, 0.4) is 0 Å². The maximum Gasteiger partial charge on any atom is 0.433 e. The molecule has 2 heterocycles. The number of rotatable bonds is 2. The highest BCUT2D eigenvalue weighted by Gasteiger charge is 2.34. The molecule has 1 unspecified atom stereocenters. The zero-order valence-electron chi connectivity index (χ0n) is 10.6. The third-order valence-electron chi connectivity index (χ3n) is 3.01. The molecule has 1 atom stereocenters. The zero-order valence-corrected chi connectivity index (χ0v) is 10.6. The average molecular weight is 275 g/mol. The van der Waals surface area contributed by atoms with Gasteiger partial charge in [-0.15, -0.1) is 0 Å². The van der Waals surface area contributed by atoms with E-state index in [2.05, 4.69) is 4.98 Å². The van der Waals surface area contributed by atoms with Crippen LogP contribution in [-0.4, -0.2) is 30.8 Å². The lowest BCUT2D eigenvalue weighted by atomic mass is 10.2. The Hall–Kier alpha value is -1.34. The summed E-state index contributed by atoms with van der Waals surface area (Å²) in [7, 11) is 0. The number of anilines is 1. The van der Waals surface area contributed by atoms with Crippen LogP contribution in [0.5, 0.6) is 0 Å². The summed E-state index contributed by atoms with van der Waals surface area (Å²) >= 11 is 0. The third-order valence-corrected chi connectivity index (χ3v) is 3.01. The molecule has 1 saturated heterocycles. The van der Waals surface area contributed by atoms with Crippen molar-refractivity contribution in [3.05, 3.63) is 23.4 Å². The number of hydrogen-bond donors (Lipinski definition) is 1. The molecule has 19 heavy (non-hydrogen) atoms. The summed E-state index contributed by atoms with van der Waals surface area (Å²) in [5.74, 6) is 0.312. The van der Waals surface area contributed by atoms with Crippen LogP contribution in [0.25, 0.3) is 0 Å². The quantitative estimate of drug-likeness (QED) is 0.894. The van der Waals surface area contributed by atoms with Crippen molar-refractivity contribution in [2.45, 2.75) is 25.7 Å². The Balaban J connectivity index is 2.35. The van der Waals surface area contributed by atoms with Gasteiger partial charge in [-0.3, -0.25) is 0 Å². The van der Waals surface area contributed by atoms with Gasteiger partial charge in [-0.1, -0.05) is 6.07 Å². The fourth-order valence-electron chi connectivity index (χ4n) is 2.08. The summed E-state index contributed by atoms with van der Waals surface area (Å²) in [4.78, 5) is 5.54. The van der Waals surface area contributed by atoms with Crippen LogP contribution >= 0.6 is 0 Å². The lowest BCUT2D eigenvalue weighted by Gasteiger charge is -2.33. The molecule has 1 fully saturated rings. The van der Waals surface area contributed by atoms with E-state index in [0.717, 1.165) is 6.07 Å². The van der Waals surface area contributed by atoms with Crippen molar-refractivity contribution in [1.82, 2.24) is 4.98 Å². The van der Waals surface area contributed by atoms with E-state index in [-0.39, 0.29) is 12.6 Å². The van der Waals surface area contributed by atoms with Crippen molar-refractivity contribution in [2.24, 2.45) is 5.73 Å². The fraction of sp³-hybridized carbons (Fsp3) is 0.583. The minimum Gasteiger partial charge on any atom is -0.375 e. The number of aromatic nitrogens is 1. The molecule has 0 spiro atoms. The fourth-order valence-corrected chi connectivity index (χ4v) is 2.08. The molecule has 1 aliphatic rings. The first kappa shape index (κ1) is 14.1. The van der Waals surface area contributed by atoms with E-state index in [1.165, 1.54) is 6.07 Å². The van der Waals surface area contributed by atoms with Crippen LogP contribution in [0.2, 0.25) is 0 Å². The van der Waals surface area contributed by atoms with Gasteiger partial charge >= 0.3 is 6.18 Å². The van der Waals surface area contributed by atoms with Gasteiger partial charge in [0.1, 0.15) is 11.5 Å². The van der Waals surface area contributed by atoms with Gasteiger partial charge < -0.3 is 15.4 Å². The molecule has 4 nitrogen and oxygen atoms in total. The van der Waals surface area contributed by atoms with E-state index in [9.17, 15) is 13.2 Å². The lowest BCUT2D eigenvalue weighted by molar-refractivity contribution is -0.141. The van der Waals surface area contributed by atoms with Crippen molar-refractivity contribution in [1.29, 1.82) is 0 Å². The van der Waals surface area contributed by atoms with E-state index in [0.29, 0.717) is 31.1 Å². The molecule has 0 bridgehead atoms. The molecular formula is C12H16F3N3O. The van der Waals surface area contributed by atoms with Gasteiger partial charge in [-0.2, -0.15) is 13.2 Å². The predicted molar refractivity (Wildman–Crippen MR) is 64.8 cm³/mol. The largest absolute Gasteiger partial charge is 0.433 e. The van der Waals surface area contributed by atoms with Gasteiger partial charge in [0.2, 0.25) is 0 Å². The number of ether oxygens (including phenoxy) is 1. The Kier molecular flexibility index (Phi) is 3.96. The van der Waals surface area contributed by atoms with Crippen LogP contribution in [0.15, 0.2) is 12.1 Å². The number of nitrogens with two attached hydrogens (primary N) is 1. The number of alkyl halides is 3. The number of nitrogens with zero attached hydrogens (tertiary/aromatic N) is 2. The summed E-state index contributed by atoms with van der Waals surface area (Å²) in [6, 6.07) is 2.36. The average Bonchev–Trinajstić information content (AvgIpc) is 2.37. The van der Waals surface area contributed by atoms with Gasteiger partial charge in [0.15, 0.2) is 0 Å². The van der Waals surface area contributed by atoms with Gasteiger partial charge in [0.25, 0.3) is 0 Å². The first-order valence-electron chi connectivity index (χ1n) is 6.05. The number of pyridine rings is 1. The Morgan fingerprint density at radius 3 is 2.79 bits per heavy atom. The molecule has 1 aliphatic heterocycles. The number of hydrogen-bond acceptors (Lipinski definition) is 4. The summed E-state index contributed by atoms with van der Waals surface area (Å²) in [6.07, 6.45) is -4.48. The van der Waals surface area contributed by atoms with Gasteiger partial charge in [-0.25, -0.2) is 4.98 Å². The van der Waals surface area contributed by atoms with Crippen molar-refractivity contribution >= 4 is 5.82 Å². The van der Waals surface area contributed by atoms with Crippen molar-refractivity contribution in [2.75, 3.05) is 24.6 Å². The second-order valence-corrected chi connectivity index (χ2v) is 4.51. The van der Waals surface area contributed by atoms with Crippen LogP contribution in [-0.2, 0) is 17.5 Å². The van der Waals surface area contributed by atoms with Gasteiger partial charge in [0, 0.05) is 25.2 Å².